The summed E-state index contributed by atoms with van der Waals surface area (Å²) >= 11 is 13.0. The summed E-state index contributed by atoms with van der Waals surface area (Å²) in [7, 11) is 1.50. The van der Waals surface area contributed by atoms with E-state index in [1.54, 1.807) is 6.20 Å². The minimum Gasteiger partial charge on any atom is -0.384 e. The average Bonchev–Trinajstić information content (AvgIpc) is 2.82. The van der Waals surface area contributed by atoms with Crippen LogP contribution in [0.4, 0.5) is 11.5 Å². The quantitative estimate of drug-likeness (QED) is 0.473. The van der Waals surface area contributed by atoms with Crippen LogP contribution in [0.5, 0.6) is 0 Å². The highest BCUT2D eigenvalue weighted by molar-refractivity contribution is 6.34. The summed E-state index contributed by atoms with van der Waals surface area (Å²) in [6, 6.07) is 8.62. The van der Waals surface area contributed by atoms with Crippen molar-refractivity contribution in [3.05, 3.63) is 40.5 Å². The molecule has 2 aromatic rings. The van der Waals surface area contributed by atoms with Crippen molar-refractivity contribution >= 4 is 34.7 Å². The maximum Gasteiger partial charge on any atom is 0.126 e. The van der Waals surface area contributed by atoms with E-state index in [1.165, 1.54) is 39.2 Å². The smallest absolute Gasteiger partial charge is 0.126 e. The third-order valence-corrected chi connectivity index (χ3v) is 6.64. The Morgan fingerprint density at radius 3 is 2.48 bits per heavy atom. The molecule has 31 heavy (non-hydrogen) atoms. The van der Waals surface area contributed by atoms with Crippen molar-refractivity contribution < 1.29 is 4.74 Å². The molecule has 1 saturated carbocycles. The zero-order chi connectivity index (χ0) is 22.1. The summed E-state index contributed by atoms with van der Waals surface area (Å²) in [5, 5.41) is 8.50. The first kappa shape index (κ1) is 24.1. The van der Waals surface area contributed by atoms with Crippen LogP contribution >= 0.6 is 23.2 Å². The third-order valence-electron chi connectivity index (χ3n) is 6.01. The van der Waals surface area contributed by atoms with E-state index in [2.05, 4.69) is 33.5 Å². The van der Waals surface area contributed by atoms with Gasteiger partial charge in [-0.05, 0) is 62.4 Å². The SMILES string of the molecule is CN.Clc1ccc(-c2cc(NC3CCCCC3)ncc2Cl)cc1NCC1CCOCC1. The number of pyridine rings is 1. The molecular weight excluding hydrogens is 431 g/mol. The van der Waals surface area contributed by atoms with E-state index in [1.807, 2.05) is 12.1 Å². The first-order valence-electron chi connectivity index (χ1n) is 11.3. The Morgan fingerprint density at radius 2 is 1.74 bits per heavy atom. The van der Waals surface area contributed by atoms with Crippen LogP contribution in [0.2, 0.25) is 10.0 Å². The number of nitrogens with zero attached hydrogens (tertiary/aromatic N) is 1. The van der Waals surface area contributed by atoms with Gasteiger partial charge in [0.05, 0.1) is 15.7 Å². The number of aromatic nitrogens is 1. The van der Waals surface area contributed by atoms with Gasteiger partial charge in [-0.15, -0.1) is 0 Å². The molecular formula is C24H34Cl2N4O. The molecule has 1 aromatic carbocycles. The monoisotopic (exact) mass is 464 g/mol. The standard InChI is InChI=1S/C23H29Cl2N3O.CH5N/c24-20-7-6-17(12-22(20)26-14-16-8-10-29-11-9-16)19-13-23(27-15-21(19)25)28-18-4-2-1-3-5-18;1-2/h6-7,12-13,15-16,18,26H,1-5,8-11,14H2,(H,27,28);2H2,1H3. The van der Waals surface area contributed by atoms with E-state index in [0.717, 1.165) is 60.3 Å². The second-order valence-electron chi connectivity index (χ2n) is 8.16. The zero-order valence-corrected chi connectivity index (χ0v) is 19.8. The van der Waals surface area contributed by atoms with Gasteiger partial charge in [-0.2, -0.15) is 0 Å². The summed E-state index contributed by atoms with van der Waals surface area (Å²) in [4.78, 5) is 4.50. The lowest BCUT2D eigenvalue weighted by Crippen LogP contribution is -2.22. The van der Waals surface area contributed by atoms with Crippen LogP contribution in [0.15, 0.2) is 30.5 Å². The number of benzene rings is 1. The molecule has 1 aromatic heterocycles. The van der Waals surface area contributed by atoms with Crippen LogP contribution in [0.25, 0.3) is 11.1 Å². The highest BCUT2D eigenvalue weighted by atomic mass is 35.5. The molecule has 0 amide bonds. The van der Waals surface area contributed by atoms with Gasteiger partial charge in [0, 0.05) is 37.6 Å². The summed E-state index contributed by atoms with van der Waals surface area (Å²) in [6.45, 7) is 2.61. The van der Waals surface area contributed by atoms with Gasteiger partial charge < -0.3 is 21.1 Å². The van der Waals surface area contributed by atoms with Gasteiger partial charge >= 0.3 is 0 Å². The van der Waals surface area contributed by atoms with Crippen molar-refractivity contribution in [2.75, 3.05) is 37.4 Å². The Kier molecular flexibility index (Phi) is 9.72. The minimum atomic E-state index is 0.507. The minimum absolute atomic E-state index is 0.507. The van der Waals surface area contributed by atoms with Crippen molar-refractivity contribution in [3.63, 3.8) is 0 Å². The summed E-state index contributed by atoms with van der Waals surface area (Å²) in [5.41, 5.74) is 7.47. The van der Waals surface area contributed by atoms with Crippen LogP contribution in [0, 0.1) is 5.92 Å². The van der Waals surface area contributed by atoms with Gasteiger partial charge in [-0.25, -0.2) is 4.98 Å². The number of rotatable bonds is 6. The predicted molar refractivity (Wildman–Crippen MR) is 132 cm³/mol. The molecule has 4 rings (SSSR count). The van der Waals surface area contributed by atoms with E-state index in [-0.39, 0.29) is 0 Å². The van der Waals surface area contributed by atoms with Crippen molar-refractivity contribution in [2.45, 2.75) is 51.0 Å². The van der Waals surface area contributed by atoms with Crippen LogP contribution in [0.3, 0.4) is 0 Å². The average molecular weight is 465 g/mol. The first-order valence-corrected chi connectivity index (χ1v) is 12.1. The third kappa shape index (κ3) is 6.98. The molecule has 170 valence electrons. The van der Waals surface area contributed by atoms with Crippen LogP contribution < -0.4 is 16.4 Å². The van der Waals surface area contributed by atoms with E-state index in [4.69, 9.17) is 27.9 Å². The number of halogens is 2. The van der Waals surface area contributed by atoms with Crippen LogP contribution in [-0.2, 0) is 4.74 Å². The fourth-order valence-corrected chi connectivity index (χ4v) is 4.62. The normalized spacial score (nSPS) is 17.5. The van der Waals surface area contributed by atoms with Gasteiger partial charge in [0.1, 0.15) is 5.82 Å². The van der Waals surface area contributed by atoms with Crippen LogP contribution in [-0.4, -0.2) is 37.8 Å². The molecule has 0 radical (unpaired) electrons. The molecule has 1 aliphatic carbocycles. The maximum atomic E-state index is 6.51. The second kappa shape index (κ2) is 12.5. The molecule has 0 bridgehead atoms. The molecule has 1 aliphatic heterocycles. The number of nitrogens with two attached hydrogens (primary N) is 1. The molecule has 1 saturated heterocycles. The molecule has 4 N–H and O–H groups in total. The Balaban J connectivity index is 0.00000132. The first-order chi connectivity index (χ1) is 15.2. The molecule has 2 fully saturated rings. The summed E-state index contributed by atoms with van der Waals surface area (Å²) in [6.07, 6.45) is 10.3. The van der Waals surface area contributed by atoms with E-state index in [0.29, 0.717) is 17.0 Å². The fourth-order valence-electron chi connectivity index (χ4n) is 4.23. The Morgan fingerprint density at radius 1 is 1.00 bits per heavy atom. The highest BCUT2D eigenvalue weighted by Crippen LogP contribution is 2.34. The molecule has 2 aliphatic rings. The van der Waals surface area contributed by atoms with Gasteiger partial charge in [-0.3, -0.25) is 0 Å². The lowest BCUT2D eigenvalue weighted by atomic mass is 9.95. The maximum absolute atomic E-state index is 6.51. The molecule has 5 nitrogen and oxygen atoms in total. The summed E-state index contributed by atoms with van der Waals surface area (Å²) < 4.78 is 5.45. The Hall–Kier alpha value is -1.53. The molecule has 0 spiro atoms. The Labute approximate surface area is 196 Å². The topological polar surface area (TPSA) is 72.2 Å². The molecule has 2 heterocycles. The van der Waals surface area contributed by atoms with Gasteiger partial charge in [-0.1, -0.05) is 48.5 Å². The number of hydrogen-bond donors (Lipinski definition) is 3. The van der Waals surface area contributed by atoms with Crippen molar-refractivity contribution in [2.24, 2.45) is 11.7 Å². The lowest BCUT2D eigenvalue weighted by Gasteiger charge is -2.24. The number of ether oxygens (including phenoxy) is 1. The highest BCUT2D eigenvalue weighted by Gasteiger charge is 2.16. The second-order valence-corrected chi connectivity index (χ2v) is 8.97. The molecule has 0 atom stereocenters. The van der Waals surface area contributed by atoms with E-state index >= 15 is 0 Å². The number of hydrogen-bond acceptors (Lipinski definition) is 5. The van der Waals surface area contributed by atoms with Crippen molar-refractivity contribution in [3.8, 4) is 11.1 Å². The number of nitrogens with one attached hydrogen (secondary N) is 2. The Bertz CT molecular complexity index is 821. The predicted octanol–water partition coefficient (Wildman–Crippen LogP) is 6.21. The largest absolute Gasteiger partial charge is 0.384 e. The lowest BCUT2D eigenvalue weighted by molar-refractivity contribution is 0.0699. The van der Waals surface area contributed by atoms with Gasteiger partial charge in [0.2, 0.25) is 0 Å². The van der Waals surface area contributed by atoms with Crippen molar-refractivity contribution in [1.29, 1.82) is 0 Å². The van der Waals surface area contributed by atoms with Crippen LogP contribution in [0.1, 0.15) is 44.9 Å². The van der Waals surface area contributed by atoms with E-state index < -0.39 is 0 Å². The van der Waals surface area contributed by atoms with Crippen molar-refractivity contribution in [1.82, 2.24) is 4.98 Å². The fraction of sp³-hybridized carbons (Fsp3) is 0.542. The van der Waals surface area contributed by atoms with Gasteiger partial charge in [0.15, 0.2) is 0 Å². The van der Waals surface area contributed by atoms with E-state index in [9.17, 15) is 0 Å². The summed E-state index contributed by atoms with van der Waals surface area (Å²) in [5.74, 6) is 1.52. The number of anilines is 2. The molecule has 7 heteroatoms. The zero-order valence-electron chi connectivity index (χ0n) is 18.3. The van der Waals surface area contributed by atoms with Gasteiger partial charge in [0.25, 0.3) is 0 Å². The molecule has 0 unspecified atom stereocenters.